The Bertz CT molecular complexity index is 1050. The van der Waals surface area contributed by atoms with Gasteiger partial charge in [0.15, 0.2) is 17.0 Å². The second-order valence-electron chi connectivity index (χ2n) is 7.38. The van der Waals surface area contributed by atoms with Crippen molar-refractivity contribution in [2.45, 2.75) is 13.0 Å². The molecule has 5 rings (SSSR count). The predicted octanol–water partition coefficient (Wildman–Crippen LogP) is 2.64. The molecule has 0 N–H and O–H groups in total. The molecular formula is C21H22FN3O3. The van der Waals surface area contributed by atoms with Gasteiger partial charge in [0, 0.05) is 43.8 Å². The number of ether oxygens (including phenoxy) is 2. The van der Waals surface area contributed by atoms with Crippen LogP contribution < -0.4 is 15.1 Å². The molecule has 2 aromatic rings. The van der Waals surface area contributed by atoms with Gasteiger partial charge in [-0.1, -0.05) is 0 Å². The van der Waals surface area contributed by atoms with Crippen molar-refractivity contribution in [2.24, 2.45) is 0 Å². The molecule has 0 bridgehead atoms. The number of benzene rings is 1. The van der Waals surface area contributed by atoms with Crippen molar-refractivity contribution in [1.29, 1.82) is 0 Å². The summed E-state index contributed by atoms with van der Waals surface area (Å²) in [6, 6.07) is 2.91. The van der Waals surface area contributed by atoms with E-state index in [2.05, 4.69) is 11.0 Å². The third-order valence-electron chi connectivity index (χ3n) is 5.62. The van der Waals surface area contributed by atoms with Crippen molar-refractivity contribution in [3.05, 3.63) is 58.4 Å². The number of halogens is 1. The fourth-order valence-electron chi connectivity index (χ4n) is 4.13. The number of aromatic nitrogens is 1. The highest BCUT2D eigenvalue weighted by Crippen LogP contribution is 2.42. The first-order valence-electron chi connectivity index (χ1n) is 9.61. The molecule has 0 spiro atoms. The number of nitrogens with zero attached hydrogens (tertiary/aromatic N) is 3. The Balaban J connectivity index is 1.56. The van der Waals surface area contributed by atoms with Crippen LogP contribution in [0.25, 0.3) is 10.9 Å². The SMILES string of the molecule is CC1COc2c(N3C=CC(N4CCOCC4)=CC3)c(F)cc3c(=O)ccn1c23. The van der Waals surface area contributed by atoms with Gasteiger partial charge in [0.2, 0.25) is 0 Å². The van der Waals surface area contributed by atoms with Gasteiger partial charge in [0.05, 0.1) is 30.2 Å². The van der Waals surface area contributed by atoms with Crippen LogP contribution in [0, 0.1) is 5.82 Å². The predicted molar refractivity (Wildman–Crippen MR) is 105 cm³/mol. The van der Waals surface area contributed by atoms with Crippen LogP contribution in [0.3, 0.4) is 0 Å². The average molecular weight is 383 g/mol. The molecule has 7 heteroatoms. The van der Waals surface area contributed by atoms with E-state index in [-0.39, 0.29) is 11.5 Å². The molecule has 4 heterocycles. The highest BCUT2D eigenvalue weighted by Gasteiger charge is 2.28. The van der Waals surface area contributed by atoms with Crippen molar-refractivity contribution in [3.8, 4) is 5.75 Å². The third-order valence-corrected chi connectivity index (χ3v) is 5.62. The monoisotopic (exact) mass is 383 g/mol. The minimum Gasteiger partial charge on any atom is -0.487 e. The van der Waals surface area contributed by atoms with Gasteiger partial charge in [0.1, 0.15) is 12.3 Å². The average Bonchev–Trinajstić information content (AvgIpc) is 2.73. The second-order valence-corrected chi connectivity index (χ2v) is 7.38. The van der Waals surface area contributed by atoms with Crippen LogP contribution in [0.15, 0.2) is 47.2 Å². The molecule has 1 atom stereocenters. The van der Waals surface area contributed by atoms with E-state index in [1.54, 1.807) is 6.20 Å². The van der Waals surface area contributed by atoms with E-state index in [0.29, 0.717) is 35.5 Å². The molecule has 0 amide bonds. The molecule has 3 aliphatic rings. The summed E-state index contributed by atoms with van der Waals surface area (Å²) < 4.78 is 28.4. The summed E-state index contributed by atoms with van der Waals surface area (Å²) in [5.74, 6) is -0.00144. The zero-order valence-electron chi connectivity index (χ0n) is 15.7. The number of allylic oxidation sites excluding steroid dienone is 1. The molecule has 6 nitrogen and oxygen atoms in total. The standard InChI is InChI=1S/C21H22FN3O3/c1-14-13-28-21-19-16(18(26)4-7-25(14)19)12-17(22)20(21)24-5-2-15(3-6-24)23-8-10-27-11-9-23/h2-5,7,12,14H,6,8-11,13H2,1H3. The van der Waals surface area contributed by atoms with E-state index in [0.717, 1.165) is 32.0 Å². The Labute approximate surface area is 162 Å². The van der Waals surface area contributed by atoms with Gasteiger partial charge in [-0.3, -0.25) is 4.79 Å². The molecule has 28 heavy (non-hydrogen) atoms. The van der Waals surface area contributed by atoms with Crippen LogP contribution in [0.2, 0.25) is 0 Å². The molecule has 1 aromatic carbocycles. The van der Waals surface area contributed by atoms with E-state index < -0.39 is 5.82 Å². The highest BCUT2D eigenvalue weighted by molar-refractivity contribution is 5.92. The summed E-state index contributed by atoms with van der Waals surface area (Å²) in [7, 11) is 0. The maximum atomic E-state index is 15.1. The summed E-state index contributed by atoms with van der Waals surface area (Å²) in [4.78, 5) is 16.4. The van der Waals surface area contributed by atoms with Crippen LogP contribution in [0.1, 0.15) is 13.0 Å². The lowest BCUT2D eigenvalue weighted by atomic mass is 10.1. The Kier molecular flexibility index (Phi) is 4.12. The number of hydrogen-bond acceptors (Lipinski definition) is 5. The maximum Gasteiger partial charge on any atom is 0.189 e. The zero-order valence-corrected chi connectivity index (χ0v) is 15.7. The lowest BCUT2D eigenvalue weighted by Gasteiger charge is -2.34. The van der Waals surface area contributed by atoms with E-state index in [1.807, 2.05) is 28.7 Å². The first-order valence-corrected chi connectivity index (χ1v) is 9.61. The topological polar surface area (TPSA) is 46.9 Å². The molecule has 1 fully saturated rings. The lowest BCUT2D eigenvalue weighted by molar-refractivity contribution is 0.0552. The van der Waals surface area contributed by atoms with Gasteiger partial charge in [0.25, 0.3) is 0 Å². The Morgan fingerprint density at radius 2 is 2.07 bits per heavy atom. The van der Waals surface area contributed by atoms with Crippen LogP contribution in [-0.2, 0) is 4.74 Å². The van der Waals surface area contributed by atoms with E-state index in [4.69, 9.17) is 9.47 Å². The van der Waals surface area contributed by atoms with Crippen molar-refractivity contribution in [1.82, 2.24) is 9.47 Å². The molecule has 0 saturated carbocycles. The molecule has 1 unspecified atom stereocenters. The number of hydrogen-bond donors (Lipinski definition) is 0. The van der Waals surface area contributed by atoms with Crippen LogP contribution in [0.4, 0.5) is 10.1 Å². The Hall–Kier alpha value is -2.80. The first kappa shape index (κ1) is 17.3. The zero-order chi connectivity index (χ0) is 19.3. The fraction of sp³-hybridized carbons (Fsp3) is 0.381. The van der Waals surface area contributed by atoms with Crippen molar-refractivity contribution in [3.63, 3.8) is 0 Å². The normalized spacial score (nSPS) is 21.6. The van der Waals surface area contributed by atoms with Crippen molar-refractivity contribution < 1.29 is 13.9 Å². The molecule has 146 valence electrons. The van der Waals surface area contributed by atoms with Gasteiger partial charge < -0.3 is 23.8 Å². The number of rotatable bonds is 2. The first-order chi connectivity index (χ1) is 13.6. The molecule has 3 aliphatic heterocycles. The van der Waals surface area contributed by atoms with Gasteiger partial charge in [-0.15, -0.1) is 0 Å². The molecule has 0 radical (unpaired) electrons. The second kappa shape index (κ2) is 6.67. The van der Waals surface area contributed by atoms with Crippen LogP contribution in [-0.4, -0.2) is 48.9 Å². The molecule has 0 aliphatic carbocycles. The van der Waals surface area contributed by atoms with Gasteiger partial charge in [-0.05, 0) is 25.1 Å². The number of pyridine rings is 1. The van der Waals surface area contributed by atoms with Gasteiger partial charge >= 0.3 is 0 Å². The summed E-state index contributed by atoms with van der Waals surface area (Å²) in [6.45, 7) is 6.17. The minimum absolute atomic E-state index is 0.0821. The summed E-state index contributed by atoms with van der Waals surface area (Å²) in [5, 5.41) is 0.357. The van der Waals surface area contributed by atoms with E-state index >= 15 is 4.39 Å². The summed E-state index contributed by atoms with van der Waals surface area (Å²) in [5.41, 5.74) is 1.98. The third kappa shape index (κ3) is 2.69. The van der Waals surface area contributed by atoms with Crippen molar-refractivity contribution in [2.75, 3.05) is 44.4 Å². The number of anilines is 1. The summed E-state index contributed by atoms with van der Waals surface area (Å²) >= 11 is 0. The smallest absolute Gasteiger partial charge is 0.189 e. The van der Waals surface area contributed by atoms with Crippen LogP contribution >= 0.6 is 0 Å². The highest BCUT2D eigenvalue weighted by atomic mass is 19.1. The fourth-order valence-corrected chi connectivity index (χ4v) is 4.13. The Morgan fingerprint density at radius 3 is 2.82 bits per heavy atom. The molecule has 1 saturated heterocycles. The Morgan fingerprint density at radius 1 is 1.25 bits per heavy atom. The molecular weight excluding hydrogens is 361 g/mol. The summed E-state index contributed by atoms with van der Waals surface area (Å²) in [6.07, 6.45) is 7.74. The van der Waals surface area contributed by atoms with Gasteiger partial charge in [-0.2, -0.15) is 0 Å². The van der Waals surface area contributed by atoms with Crippen molar-refractivity contribution >= 4 is 16.6 Å². The number of morpholine rings is 1. The maximum absolute atomic E-state index is 15.1. The van der Waals surface area contributed by atoms with Crippen LogP contribution in [0.5, 0.6) is 5.75 Å². The minimum atomic E-state index is -0.445. The van der Waals surface area contributed by atoms with Gasteiger partial charge in [-0.25, -0.2) is 4.39 Å². The van der Waals surface area contributed by atoms with E-state index in [1.165, 1.54) is 12.1 Å². The lowest BCUT2D eigenvalue weighted by Crippen LogP contribution is -2.36. The largest absolute Gasteiger partial charge is 0.487 e. The molecule has 1 aromatic heterocycles. The quantitative estimate of drug-likeness (QED) is 0.798. The van der Waals surface area contributed by atoms with E-state index in [9.17, 15) is 4.79 Å².